The first-order chi connectivity index (χ1) is 20.0. The first-order valence-corrected chi connectivity index (χ1v) is 14.7. The highest BCUT2D eigenvalue weighted by molar-refractivity contribution is 5.79. The Bertz CT molecular complexity index is 1460. The van der Waals surface area contributed by atoms with Gasteiger partial charge in [0, 0.05) is 50.0 Å². The zero-order valence-corrected chi connectivity index (χ0v) is 25.5. The van der Waals surface area contributed by atoms with Crippen LogP contribution >= 0.6 is 0 Å². The van der Waals surface area contributed by atoms with Crippen LogP contribution in [0.15, 0.2) is 48.5 Å². The molecule has 5 rings (SSSR count). The summed E-state index contributed by atoms with van der Waals surface area (Å²) < 4.78 is 11.3. The Morgan fingerprint density at radius 1 is 0.881 bits per heavy atom. The van der Waals surface area contributed by atoms with Gasteiger partial charge >= 0.3 is 12.2 Å². The van der Waals surface area contributed by atoms with Crippen molar-refractivity contribution >= 4 is 23.6 Å². The molecular weight excluding hydrogens is 528 g/mol. The lowest BCUT2D eigenvalue weighted by Gasteiger charge is -2.38. The number of hydrogen-bond acceptors (Lipinski definition) is 6. The van der Waals surface area contributed by atoms with Crippen LogP contribution in [-0.2, 0) is 16.0 Å². The van der Waals surface area contributed by atoms with Gasteiger partial charge in [-0.05, 0) is 86.1 Å². The number of nitrogens with one attached hydrogen (secondary N) is 1. The molecule has 0 saturated carbocycles. The number of carbonyl (C=O) groups excluding carboxylic acids is 2. The highest BCUT2D eigenvalue weighted by atomic mass is 16.6. The summed E-state index contributed by atoms with van der Waals surface area (Å²) >= 11 is 0. The number of piperazine rings is 1. The molecule has 1 fully saturated rings. The van der Waals surface area contributed by atoms with E-state index in [0.717, 1.165) is 33.6 Å². The Hall–Kier alpha value is -4.20. The van der Waals surface area contributed by atoms with E-state index in [1.54, 1.807) is 4.90 Å². The van der Waals surface area contributed by atoms with Crippen LogP contribution in [0.2, 0.25) is 0 Å². The largest absolute Gasteiger partial charge is 0.449 e. The molecule has 0 spiro atoms. The van der Waals surface area contributed by atoms with Crippen molar-refractivity contribution in [3.05, 3.63) is 81.9 Å². The molecule has 2 aliphatic rings. The van der Waals surface area contributed by atoms with Crippen LogP contribution in [0.25, 0.3) is 11.1 Å². The second kappa shape index (κ2) is 11.6. The van der Waals surface area contributed by atoms with Crippen LogP contribution in [0.3, 0.4) is 0 Å². The summed E-state index contributed by atoms with van der Waals surface area (Å²) in [5.41, 5.74) is 16.6. The van der Waals surface area contributed by atoms with E-state index in [1.807, 2.05) is 58.9 Å². The van der Waals surface area contributed by atoms with Gasteiger partial charge in [-0.25, -0.2) is 9.59 Å². The number of nitrogens with two attached hydrogens (primary N) is 1. The molecule has 1 saturated heterocycles. The van der Waals surface area contributed by atoms with Crippen LogP contribution in [-0.4, -0.2) is 55.5 Å². The second-order valence-corrected chi connectivity index (χ2v) is 12.2. The lowest BCUT2D eigenvalue weighted by Crippen LogP contribution is -2.50. The average Bonchev–Trinajstić information content (AvgIpc) is 3.28. The summed E-state index contributed by atoms with van der Waals surface area (Å²) in [5, 5.41) is 2.97. The number of anilines is 2. The minimum absolute atomic E-state index is 0.00703. The van der Waals surface area contributed by atoms with Gasteiger partial charge < -0.3 is 30.3 Å². The molecule has 8 nitrogen and oxygen atoms in total. The highest BCUT2D eigenvalue weighted by Crippen LogP contribution is 2.44. The number of alkyl carbamates (subject to hydrolysis) is 1. The predicted octanol–water partition coefficient (Wildman–Crippen LogP) is 6.29. The number of nitrogen functional groups attached to an aromatic ring is 1. The Morgan fingerprint density at radius 3 is 2.02 bits per heavy atom. The van der Waals surface area contributed by atoms with E-state index in [1.165, 1.54) is 22.3 Å². The molecule has 3 aromatic carbocycles. The third kappa shape index (κ3) is 5.75. The van der Waals surface area contributed by atoms with E-state index in [0.29, 0.717) is 32.7 Å². The molecule has 0 bridgehead atoms. The molecule has 0 aromatic heterocycles. The summed E-state index contributed by atoms with van der Waals surface area (Å²) in [5.74, 6) is 0.00703. The fourth-order valence-corrected chi connectivity index (χ4v) is 6.27. The molecule has 8 heteroatoms. The van der Waals surface area contributed by atoms with Gasteiger partial charge in [0.25, 0.3) is 0 Å². The van der Waals surface area contributed by atoms with E-state index < -0.39 is 11.7 Å². The monoisotopic (exact) mass is 570 g/mol. The summed E-state index contributed by atoms with van der Waals surface area (Å²) in [6.45, 7) is 14.8. The van der Waals surface area contributed by atoms with Crippen molar-refractivity contribution in [1.29, 1.82) is 0 Å². The Kier molecular flexibility index (Phi) is 8.08. The highest BCUT2D eigenvalue weighted by Gasteiger charge is 2.30. The van der Waals surface area contributed by atoms with Gasteiger partial charge in [0.15, 0.2) is 0 Å². The minimum Gasteiger partial charge on any atom is -0.449 e. The van der Waals surface area contributed by atoms with Crippen molar-refractivity contribution in [2.45, 2.75) is 59.6 Å². The van der Waals surface area contributed by atoms with Gasteiger partial charge in [0.1, 0.15) is 12.2 Å². The van der Waals surface area contributed by atoms with Crippen molar-refractivity contribution in [2.75, 3.05) is 43.4 Å². The molecule has 0 unspecified atom stereocenters. The van der Waals surface area contributed by atoms with Gasteiger partial charge in [-0.15, -0.1) is 0 Å². The lowest BCUT2D eigenvalue weighted by atomic mass is 9.94. The Balaban J connectivity index is 1.25. The topological polar surface area (TPSA) is 97.1 Å². The molecule has 3 aromatic rings. The van der Waals surface area contributed by atoms with E-state index in [-0.39, 0.29) is 18.6 Å². The molecule has 1 heterocycles. The fourth-order valence-electron chi connectivity index (χ4n) is 6.27. The SMILES string of the molecule is Cc1c(N)c(C)c(N2CCN(C(=O)OC(C)(C)C)CC2)c(C)c1CNC(=O)OCC1c2ccccc2-c2ccccc21. The molecule has 222 valence electrons. The van der Waals surface area contributed by atoms with E-state index >= 15 is 0 Å². The lowest BCUT2D eigenvalue weighted by molar-refractivity contribution is 0.0240. The van der Waals surface area contributed by atoms with Gasteiger partial charge in [-0.1, -0.05) is 48.5 Å². The first kappa shape index (κ1) is 29.3. The predicted molar refractivity (Wildman–Crippen MR) is 167 cm³/mol. The molecule has 0 radical (unpaired) electrons. The molecular formula is C34H42N4O4. The number of fused-ring (bicyclic) bond motifs is 3. The second-order valence-electron chi connectivity index (χ2n) is 12.2. The minimum atomic E-state index is -0.526. The van der Waals surface area contributed by atoms with Crippen LogP contribution < -0.4 is 16.0 Å². The molecule has 1 aliphatic carbocycles. The van der Waals surface area contributed by atoms with Crippen molar-refractivity contribution < 1.29 is 19.1 Å². The van der Waals surface area contributed by atoms with Crippen molar-refractivity contribution in [3.8, 4) is 11.1 Å². The number of nitrogens with zero attached hydrogens (tertiary/aromatic N) is 2. The van der Waals surface area contributed by atoms with Gasteiger partial charge in [-0.2, -0.15) is 0 Å². The third-order valence-corrected chi connectivity index (χ3v) is 8.42. The number of hydrogen-bond donors (Lipinski definition) is 2. The van der Waals surface area contributed by atoms with Crippen molar-refractivity contribution in [2.24, 2.45) is 0 Å². The zero-order chi connectivity index (χ0) is 30.2. The van der Waals surface area contributed by atoms with Gasteiger partial charge in [0.05, 0.1) is 0 Å². The quantitative estimate of drug-likeness (QED) is 0.350. The van der Waals surface area contributed by atoms with Crippen LogP contribution in [0, 0.1) is 20.8 Å². The Morgan fingerprint density at radius 2 is 1.45 bits per heavy atom. The molecule has 1 aliphatic heterocycles. The smallest absolute Gasteiger partial charge is 0.410 e. The molecule has 2 amide bonds. The Labute approximate surface area is 248 Å². The molecule has 3 N–H and O–H groups in total. The van der Waals surface area contributed by atoms with Crippen LogP contribution in [0.5, 0.6) is 0 Å². The van der Waals surface area contributed by atoms with Crippen molar-refractivity contribution in [1.82, 2.24) is 10.2 Å². The normalized spacial score (nSPS) is 14.8. The number of rotatable bonds is 5. The van der Waals surface area contributed by atoms with Crippen molar-refractivity contribution in [3.63, 3.8) is 0 Å². The van der Waals surface area contributed by atoms with Gasteiger partial charge in [-0.3, -0.25) is 0 Å². The summed E-state index contributed by atoms with van der Waals surface area (Å²) in [6.07, 6.45) is -0.741. The zero-order valence-electron chi connectivity index (χ0n) is 25.5. The standard InChI is InChI=1S/C34H42N4O4/c1-21-28(19-36-32(39)41-20-29-26-13-9-7-11-24(26)25-12-8-10-14-27(25)29)22(2)31(23(3)30(21)35)37-15-17-38(18-16-37)33(40)42-34(4,5)6/h7-14,29H,15-20,35H2,1-6H3,(H,36,39). The maximum absolute atomic E-state index is 12.9. The molecule has 0 atom stereocenters. The fraction of sp³-hybridized carbons (Fsp3) is 0.412. The van der Waals surface area contributed by atoms with Crippen LogP contribution in [0.4, 0.5) is 21.0 Å². The van der Waals surface area contributed by atoms with E-state index in [2.05, 4.69) is 41.4 Å². The summed E-state index contributed by atoms with van der Waals surface area (Å²) in [7, 11) is 0. The third-order valence-electron chi connectivity index (χ3n) is 8.42. The van der Waals surface area contributed by atoms with Crippen LogP contribution in [0.1, 0.15) is 60.1 Å². The maximum atomic E-state index is 12.9. The van der Waals surface area contributed by atoms with Gasteiger partial charge in [0.2, 0.25) is 0 Å². The van der Waals surface area contributed by atoms with E-state index in [9.17, 15) is 9.59 Å². The summed E-state index contributed by atoms with van der Waals surface area (Å²) in [6, 6.07) is 16.6. The average molecular weight is 571 g/mol. The number of carbonyl (C=O) groups is 2. The molecule has 42 heavy (non-hydrogen) atoms. The number of amides is 2. The maximum Gasteiger partial charge on any atom is 0.410 e. The number of ether oxygens (including phenoxy) is 2. The summed E-state index contributed by atoms with van der Waals surface area (Å²) in [4.78, 5) is 29.5. The number of benzene rings is 3. The first-order valence-electron chi connectivity index (χ1n) is 14.7. The van der Waals surface area contributed by atoms with E-state index in [4.69, 9.17) is 15.2 Å².